The summed E-state index contributed by atoms with van der Waals surface area (Å²) >= 11 is 6.61. The highest BCUT2D eigenvalue weighted by atomic mass is 32.1. The number of benzene rings is 1. The predicted octanol–water partition coefficient (Wildman–Crippen LogP) is 2.77. The van der Waals surface area contributed by atoms with Crippen molar-refractivity contribution in [2.24, 2.45) is 0 Å². The van der Waals surface area contributed by atoms with Crippen LogP contribution >= 0.6 is 23.6 Å². The summed E-state index contributed by atoms with van der Waals surface area (Å²) in [5, 5.41) is 19.4. The molecule has 24 heavy (non-hydrogen) atoms. The molecule has 2 aromatic heterocycles. The molecular weight excluding hydrogens is 344 g/mol. The Hall–Kier alpha value is -2.39. The van der Waals surface area contributed by atoms with E-state index >= 15 is 0 Å². The summed E-state index contributed by atoms with van der Waals surface area (Å²) in [7, 11) is 0. The van der Waals surface area contributed by atoms with Crippen molar-refractivity contribution >= 4 is 45.2 Å². The Labute approximate surface area is 148 Å². The average Bonchev–Trinajstić information content (AvgIpc) is 3.11. The third-order valence-corrected chi connectivity index (χ3v) is 4.42. The van der Waals surface area contributed by atoms with Gasteiger partial charge in [0.1, 0.15) is 5.01 Å². The average molecular weight is 360 g/mol. The second-order valence-electron chi connectivity index (χ2n) is 5.18. The lowest BCUT2D eigenvalue weighted by Gasteiger charge is -2.09. The van der Waals surface area contributed by atoms with Crippen LogP contribution in [-0.4, -0.2) is 30.8 Å². The molecule has 3 aromatic rings. The molecule has 1 amide bonds. The van der Waals surface area contributed by atoms with Gasteiger partial charge in [-0.1, -0.05) is 18.3 Å². The molecule has 7 nitrogen and oxygen atoms in total. The Morgan fingerprint density at radius 3 is 2.71 bits per heavy atom. The number of anilines is 1. The van der Waals surface area contributed by atoms with Gasteiger partial charge in [0, 0.05) is 17.7 Å². The third-order valence-electron chi connectivity index (χ3n) is 3.27. The van der Waals surface area contributed by atoms with Crippen molar-refractivity contribution in [3.05, 3.63) is 30.1 Å². The summed E-state index contributed by atoms with van der Waals surface area (Å²) in [6, 6.07) is 7.67. The number of aryl methyl sites for hydroxylation is 1. The number of nitrogens with one attached hydrogen (secondary N) is 2. The number of carbonyl (C=O) groups is 1. The molecule has 1 aromatic carbocycles. The minimum absolute atomic E-state index is 0.0817. The Morgan fingerprint density at radius 1 is 1.29 bits per heavy atom. The number of rotatable bonds is 4. The fourth-order valence-corrected chi connectivity index (χ4v) is 3.23. The van der Waals surface area contributed by atoms with Gasteiger partial charge < -0.3 is 10.6 Å². The van der Waals surface area contributed by atoms with E-state index in [0.29, 0.717) is 11.5 Å². The molecule has 0 saturated carbocycles. The standard InChI is InChI=1S/C15H16N6OS2/c1-3-4-12(22)17-14(23)16-11-7-5-10(6-8-11)13-20-21-9(2)18-19-15(21)24-13/h5-8H,3-4H2,1-2H3,(H2,16,17,22,23). The van der Waals surface area contributed by atoms with Gasteiger partial charge in [-0.25, -0.2) is 0 Å². The first-order chi connectivity index (χ1) is 11.6. The molecule has 0 saturated heterocycles. The number of aromatic nitrogens is 4. The minimum Gasteiger partial charge on any atom is -0.332 e. The van der Waals surface area contributed by atoms with Crippen LogP contribution in [0.15, 0.2) is 24.3 Å². The molecule has 9 heteroatoms. The number of hydrogen-bond donors (Lipinski definition) is 2. The number of thiocarbonyl (C=S) groups is 1. The van der Waals surface area contributed by atoms with E-state index in [-0.39, 0.29) is 5.91 Å². The molecule has 0 spiro atoms. The summed E-state index contributed by atoms with van der Waals surface area (Å²) < 4.78 is 1.73. The van der Waals surface area contributed by atoms with Gasteiger partial charge in [0.15, 0.2) is 10.9 Å². The Balaban J connectivity index is 1.68. The van der Waals surface area contributed by atoms with E-state index < -0.39 is 0 Å². The van der Waals surface area contributed by atoms with Crippen molar-refractivity contribution in [2.45, 2.75) is 26.7 Å². The van der Waals surface area contributed by atoms with Gasteiger partial charge in [-0.15, -0.1) is 10.2 Å². The Bertz CT molecular complexity index is 883. The first-order valence-corrected chi connectivity index (χ1v) is 8.69. The molecule has 0 bridgehead atoms. The van der Waals surface area contributed by atoms with Gasteiger partial charge in [0.2, 0.25) is 10.9 Å². The maximum absolute atomic E-state index is 11.5. The van der Waals surface area contributed by atoms with E-state index in [0.717, 1.165) is 33.5 Å². The molecule has 0 aliphatic heterocycles. The molecule has 3 rings (SSSR count). The van der Waals surface area contributed by atoms with E-state index in [1.165, 1.54) is 11.3 Å². The zero-order valence-corrected chi connectivity index (χ0v) is 14.9. The zero-order valence-electron chi connectivity index (χ0n) is 13.2. The molecule has 0 aliphatic carbocycles. The Kier molecular flexibility index (Phi) is 4.81. The highest BCUT2D eigenvalue weighted by Crippen LogP contribution is 2.26. The van der Waals surface area contributed by atoms with Crippen molar-refractivity contribution in [3.63, 3.8) is 0 Å². The van der Waals surface area contributed by atoms with Gasteiger partial charge in [0.25, 0.3) is 0 Å². The van der Waals surface area contributed by atoms with Crippen LogP contribution in [0.25, 0.3) is 15.5 Å². The second-order valence-corrected chi connectivity index (χ2v) is 6.54. The number of fused-ring (bicyclic) bond motifs is 1. The van der Waals surface area contributed by atoms with Crippen LogP contribution < -0.4 is 10.6 Å². The fourth-order valence-electron chi connectivity index (χ4n) is 2.11. The van der Waals surface area contributed by atoms with E-state index in [1.807, 2.05) is 38.1 Å². The van der Waals surface area contributed by atoms with Crippen LogP contribution in [0.5, 0.6) is 0 Å². The lowest BCUT2D eigenvalue weighted by molar-refractivity contribution is -0.119. The fraction of sp³-hybridized carbons (Fsp3) is 0.267. The third kappa shape index (κ3) is 3.57. The van der Waals surface area contributed by atoms with Crippen LogP contribution in [-0.2, 0) is 4.79 Å². The largest absolute Gasteiger partial charge is 0.332 e. The Morgan fingerprint density at radius 2 is 2.04 bits per heavy atom. The molecule has 0 fully saturated rings. The maximum atomic E-state index is 11.5. The quantitative estimate of drug-likeness (QED) is 0.696. The van der Waals surface area contributed by atoms with Crippen molar-refractivity contribution in [1.82, 2.24) is 25.1 Å². The predicted molar refractivity (Wildman–Crippen MR) is 98.1 cm³/mol. The van der Waals surface area contributed by atoms with Crippen LogP contribution in [0.3, 0.4) is 0 Å². The topological polar surface area (TPSA) is 84.2 Å². The normalized spacial score (nSPS) is 10.8. The van der Waals surface area contributed by atoms with Gasteiger partial charge in [-0.3, -0.25) is 4.79 Å². The number of amides is 1. The summed E-state index contributed by atoms with van der Waals surface area (Å²) in [5.74, 6) is 0.681. The summed E-state index contributed by atoms with van der Waals surface area (Å²) in [5.41, 5.74) is 1.79. The molecule has 0 atom stereocenters. The lowest BCUT2D eigenvalue weighted by Crippen LogP contribution is -2.33. The van der Waals surface area contributed by atoms with E-state index in [9.17, 15) is 4.79 Å². The highest BCUT2D eigenvalue weighted by Gasteiger charge is 2.10. The van der Waals surface area contributed by atoms with E-state index in [1.54, 1.807) is 4.52 Å². The number of carbonyl (C=O) groups excluding carboxylic acids is 1. The summed E-state index contributed by atoms with van der Waals surface area (Å²) in [4.78, 5) is 12.3. The molecule has 2 heterocycles. The van der Waals surface area contributed by atoms with E-state index in [2.05, 4.69) is 25.9 Å². The van der Waals surface area contributed by atoms with Crippen LogP contribution in [0.2, 0.25) is 0 Å². The summed E-state index contributed by atoms with van der Waals surface area (Å²) in [6.45, 7) is 3.81. The van der Waals surface area contributed by atoms with Crippen LogP contribution in [0.1, 0.15) is 25.6 Å². The number of hydrogen-bond acceptors (Lipinski definition) is 6. The molecule has 124 valence electrons. The monoisotopic (exact) mass is 360 g/mol. The first kappa shape index (κ1) is 16.5. The SMILES string of the molecule is CCCC(=O)NC(=S)Nc1ccc(-c2nn3c(C)nnc3s2)cc1. The lowest BCUT2D eigenvalue weighted by atomic mass is 10.2. The zero-order chi connectivity index (χ0) is 17.1. The molecule has 0 aliphatic rings. The van der Waals surface area contributed by atoms with Gasteiger partial charge in [0.05, 0.1) is 0 Å². The molecule has 2 N–H and O–H groups in total. The molecular formula is C15H16N6OS2. The van der Waals surface area contributed by atoms with Crippen molar-refractivity contribution in [3.8, 4) is 10.6 Å². The van der Waals surface area contributed by atoms with Crippen LogP contribution in [0, 0.1) is 6.92 Å². The van der Waals surface area contributed by atoms with Crippen molar-refractivity contribution < 1.29 is 4.79 Å². The molecule has 0 radical (unpaired) electrons. The van der Waals surface area contributed by atoms with Gasteiger partial charge in [-0.05, 0) is 49.8 Å². The maximum Gasteiger partial charge on any atom is 0.234 e. The van der Waals surface area contributed by atoms with Crippen molar-refractivity contribution in [1.29, 1.82) is 0 Å². The van der Waals surface area contributed by atoms with Crippen molar-refractivity contribution in [2.75, 3.05) is 5.32 Å². The summed E-state index contributed by atoms with van der Waals surface area (Å²) in [6.07, 6.45) is 1.25. The first-order valence-electron chi connectivity index (χ1n) is 7.47. The smallest absolute Gasteiger partial charge is 0.234 e. The van der Waals surface area contributed by atoms with Gasteiger partial charge in [-0.2, -0.15) is 9.61 Å². The second kappa shape index (κ2) is 7.02. The van der Waals surface area contributed by atoms with Crippen LogP contribution in [0.4, 0.5) is 5.69 Å². The van der Waals surface area contributed by atoms with E-state index in [4.69, 9.17) is 12.2 Å². The minimum atomic E-state index is -0.0817. The highest BCUT2D eigenvalue weighted by molar-refractivity contribution is 7.80. The molecule has 0 unspecified atom stereocenters. The van der Waals surface area contributed by atoms with Gasteiger partial charge >= 0.3 is 0 Å². The number of nitrogens with zero attached hydrogens (tertiary/aromatic N) is 4.